The number of fused-ring (bicyclic) bond motifs is 1. The zero-order chi connectivity index (χ0) is 16.6. The van der Waals surface area contributed by atoms with Gasteiger partial charge in [-0.15, -0.1) is 0 Å². The number of nitrogens with zero attached hydrogens (tertiary/aromatic N) is 3. The standard InChI is InChI=1S/C18H20N4O/c1-11(2)22-10-20-9-17(22)16-6-12(3)14-5-4-13(8-18(19)23)7-15(14)21-16/h4-7,9-11H,8H2,1-3H3,(H2,19,23). The van der Waals surface area contributed by atoms with Crippen molar-refractivity contribution in [3.63, 3.8) is 0 Å². The summed E-state index contributed by atoms with van der Waals surface area (Å²) in [5, 5.41) is 1.08. The van der Waals surface area contributed by atoms with Crippen LogP contribution in [0.2, 0.25) is 0 Å². The largest absolute Gasteiger partial charge is 0.369 e. The summed E-state index contributed by atoms with van der Waals surface area (Å²) in [6, 6.07) is 8.25. The lowest BCUT2D eigenvalue weighted by atomic mass is 10.0. The Hall–Kier alpha value is -2.69. The van der Waals surface area contributed by atoms with E-state index >= 15 is 0 Å². The van der Waals surface area contributed by atoms with Crippen LogP contribution in [-0.4, -0.2) is 20.4 Å². The van der Waals surface area contributed by atoms with Gasteiger partial charge in [0.15, 0.2) is 0 Å². The average Bonchev–Trinajstić information content (AvgIpc) is 2.95. The Balaban J connectivity index is 2.15. The van der Waals surface area contributed by atoms with Crippen LogP contribution >= 0.6 is 0 Å². The van der Waals surface area contributed by atoms with E-state index in [0.29, 0.717) is 6.04 Å². The van der Waals surface area contributed by atoms with Gasteiger partial charge in [0.1, 0.15) is 0 Å². The van der Waals surface area contributed by atoms with Crippen LogP contribution in [0.3, 0.4) is 0 Å². The van der Waals surface area contributed by atoms with Gasteiger partial charge in [0.05, 0.1) is 35.8 Å². The SMILES string of the molecule is Cc1cc(-c2cncn2C(C)C)nc2cc(CC(N)=O)ccc12. The Bertz CT molecular complexity index is 880. The van der Waals surface area contributed by atoms with Crippen molar-refractivity contribution in [2.45, 2.75) is 33.2 Å². The van der Waals surface area contributed by atoms with E-state index in [1.54, 1.807) is 0 Å². The zero-order valence-electron chi connectivity index (χ0n) is 13.6. The molecule has 0 aliphatic heterocycles. The molecule has 2 aromatic heterocycles. The highest BCUT2D eigenvalue weighted by atomic mass is 16.1. The van der Waals surface area contributed by atoms with E-state index in [-0.39, 0.29) is 12.3 Å². The number of aryl methyl sites for hydroxylation is 1. The minimum absolute atomic E-state index is 0.227. The van der Waals surface area contributed by atoms with E-state index < -0.39 is 0 Å². The van der Waals surface area contributed by atoms with Gasteiger partial charge >= 0.3 is 0 Å². The van der Waals surface area contributed by atoms with E-state index in [1.807, 2.05) is 30.7 Å². The van der Waals surface area contributed by atoms with Crippen LogP contribution in [0.5, 0.6) is 0 Å². The molecule has 0 unspecified atom stereocenters. The molecule has 0 radical (unpaired) electrons. The van der Waals surface area contributed by atoms with Crippen LogP contribution in [0.25, 0.3) is 22.3 Å². The monoisotopic (exact) mass is 308 g/mol. The van der Waals surface area contributed by atoms with Crippen molar-refractivity contribution in [3.05, 3.63) is 47.9 Å². The van der Waals surface area contributed by atoms with E-state index in [1.165, 1.54) is 0 Å². The number of imidazole rings is 1. The highest BCUT2D eigenvalue weighted by Gasteiger charge is 2.12. The van der Waals surface area contributed by atoms with Gasteiger partial charge in [0.25, 0.3) is 0 Å². The molecule has 3 rings (SSSR count). The maximum atomic E-state index is 11.1. The highest BCUT2D eigenvalue weighted by Crippen LogP contribution is 2.26. The van der Waals surface area contributed by atoms with Crippen molar-refractivity contribution in [2.75, 3.05) is 0 Å². The quantitative estimate of drug-likeness (QED) is 0.805. The van der Waals surface area contributed by atoms with Crippen molar-refractivity contribution in [2.24, 2.45) is 5.73 Å². The van der Waals surface area contributed by atoms with Crippen LogP contribution < -0.4 is 5.73 Å². The number of amides is 1. The summed E-state index contributed by atoms with van der Waals surface area (Å²) in [6.07, 6.45) is 3.89. The molecule has 0 spiro atoms. The molecule has 0 saturated carbocycles. The molecule has 2 N–H and O–H groups in total. The van der Waals surface area contributed by atoms with Gasteiger partial charge in [-0.05, 0) is 44.0 Å². The summed E-state index contributed by atoms with van der Waals surface area (Å²) >= 11 is 0. The Kier molecular flexibility index (Phi) is 3.86. The van der Waals surface area contributed by atoms with E-state index in [9.17, 15) is 4.79 Å². The van der Waals surface area contributed by atoms with Crippen LogP contribution in [0.4, 0.5) is 0 Å². The number of nitrogens with two attached hydrogens (primary N) is 1. The van der Waals surface area contributed by atoms with Crippen LogP contribution in [-0.2, 0) is 11.2 Å². The normalized spacial score (nSPS) is 11.3. The van der Waals surface area contributed by atoms with Gasteiger partial charge in [-0.2, -0.15) is 0 Å². The Labute approximate surface area is 135 Å². The molecule has 5 nitrogen and oxygen atoms in total. The molecule has 1 aromatic carbocycles. The van der Waals surface area contributed by atoms with Crippen molar-refractivity contribution in [3.8, 4) is 11.4 Å². The Morgan fingerprint density at radius 3 is 2.78 bits per heavy atom. The topological polar surface area (TPSA) is 73.8 Å². The van der Waals surface area contributed by atoms with Gasteiger partial charge in [-0.1, -0.05) is 12.1 Å². The molecular weight excluding hydrogens is 288 g/mol. The average molecular weight is 308 g/mol. The maximum Gasteiger partial charge on any atom is 0.221 e. The van der Waals surface area contributed by atoms with E-state index in [4.69, 9.17) is 10.7 Å². The van der Waals surface area contributed by atoms with E-state index in [2.05, 4.69) is 36.4 Å². The molecule has 0 aliphatic carbocycles. The number of hydrogen-bond donors (Lipinski definition) is 1. The fourth-order valence-electron chi connectivity index (χ4n) is 2.80. The van der Waals surface area contributed by atoms with Gasteiger partial charge in [-0.3, -0.25) is 4.79 Å². The fourth-order valence-corrected chi connectivity index (χ4v) is 2.80. The van der Waals surface area contributed by atoms with Gasteiger partial charge in [0.2, 0.25) is 5.91 Å². The van der Waals surface area contributed by atoms with Gasteiger partial charge in [0, 0.05) is 11.4 Å². The molecule has 0 bridgehead atoms. The number of aromatic nitrogens is 3. The molecule has 0 atom stereocenters. The van der Waals surface area contributed by atoms with Crippen molar-refractivity contribution < 1.29 is 4.79 Å². The number of primary amides is 1. The van der Waals surface area contributed by atoms with Gasteiger partial charge < -0.3 is 10.3 Å². The second-order valence-corrected chi connectivity index (χ2v) is 6.10. The van der Waals surface area contributed by atoms with Crippen molar-refractivity contribution in [1.29, 1.82) is 0 Å². The molecule has 0 fully saturated rings. The number of benzene rings is 1. The van der Waals surface area contributed by atoms with E-state index in [0.717, 1.165) is 33.4 Å². The highest BCUT2D eigenvalue weighted by molar-refractivity contribution is 5.86. The third-order valence-electron chi connectivity index (χ3n) is 3.94. The third-order valence-corrected chi connectivity index (χ3v) is 3.94. The van der Waals surface area contributed by atoms with Crippen LogP contribution in [0, 0.1) is 6.92 Å². The van der Waals surface area contributed by atoms with Gasteiger partial charge in [-0.25, -0.2) is 9.97 Å². The molecule has 5 heteroatoms. The third kappa shape index (κ3) is 2.95. The first-order valence-corrected chi connectivity index (χ1v) is 7.66. The number of carbonyl (C=O) groups is 1. The molecule has 0 aliphatic rings. The molecule has 1 amide bonds. The Morgan fingerprint density at radius 1 is 1.30 bits per heavy atom. The number of pyridine rings is 1. The first-order valence-electron chi connectivity index (χ1n) is 7.66. The fraction of sp³-hybridized carbons (Fsp3) is 0.278. The summed E-state index contributed by atoms with van der Waals surface area (Å²) in [5.74, 6) is -0.338. The summed E-state index contributed by atoms with van der Waals surface area (Å²) in [6.45, 7) is 6.30. The number of hydrogen-bond acceptors (Lipinski definition) is 3. The van der Waals surface area contributed by atoms with Crippen molar-refractivity contribution in [1.82, 2.24) is 14.5 Å². The van der Waals surface area contributed by atoms with Crippen LogP contribution in [0.15, 0.2) is 36.8 Å². The van der Waals surface area contributed by atoms with Crippen LogP contribution in [0.1, 0.15) is 31.0 Å². The molecule has 2 heterocycles. The minimum atomic E-state index is -0.338. The smallest absolute Gasteiger partial charge is 0.221 e. The molecule has 3 aromatic rings. The first-order chi connectivity index (χ1) is 11.0. The maximum absolute atomic E-state index is 11.1. The molecule has 0 saturated heterocycles. The Morgan fingerprint density at radius 2 is 2.09 bits per heavy atom. The summed E-state index contributed by atoms with van der Waals surface area (Å²) in [5.41, 5.74) is 10.1. The summed E-state index contributed by atoms with van der Waals surface area (Å²) in [4.78, 5) is 20.2. The lowest BCUT2D eigenvalue weighted by molar-refractivity contribution is -0.117. The second kappa shape index (κ2) is 5.83. The summed E-state index contributed by atoms with van der Waals surface area (Å²) in [7, 11) is 0. The predicted octanol–water partition coefficient (Wildman–Crippen LogP) is 3.02. The van der Waals surface area contributed by atoms with Crippen molar-refractivity contribution >= 4 is 16.8 Å². The lowest BCUT2D eigenvalue weighted by Crippen LogP contribution is -2.13. The second-order valence-electron chi connectivity index (χ2n) is 6.10. The molecule has 23 heavy (non-hydrogen) atoms. The molecular formula is C18H20N4O. The minimum Gasteiger partial charge on any atom is -0.369 e. The first kappa shape index (κ1) is 15.2. The number of carbonyl (C=O) groups excluding carboxylic acids is 1. The number of rotatable bonds is 4. The summed E-state index contributed by atoms with van der Waals surface area (Å²) < 4.78 is 2.10. The predicted molar refractivity (Wildman–Crippen MR) is 91.0 cm³/mol. The molecule has 118 valence electrons. The zero-order valence-corrected chi connectivity index (χ0v) is 13.6. The lowest BCUT2D eigenvalue weighted by Gasteiger charge is -2.13.